The fourth-order valence-corrected chi connectivity index (χ4v) is 2.46. The molecule has 0 saturated carbocycles. The zero-order valence-electron chi connectivity index (χ0n) is 10.8. The van der Waals surface area contributed by atoms with E-state index in [0.29, 0.717) is 6.42 Å². The van der Waals surface area contributed by atoms with E-state index in [1.54, 1.807) is 0 Å². The summed E-state index contributed by atoms with van der Waals surface area (Å²) in [6.07, 6.45) is 0.495. The largest absolute Gasteiger partial charge is 0.325 e. The van der Waals surface area contributed by atoms with E-state index in [0.717, 1.165) is 9.26 Å². The van der Waals surface area contributed by atoms with Crippen LogP contribution >= 0.6 is 22.6 Å². The molecule has 1 amide bonds. The lowest BCUT2D eigenvalue weighted by molar-refractivity contribution is -0.116. The molecule has 0 saturated heterocycles. The Morgan fingerprint density at radius 1 is 1.11 bits per heavy atom. The van der Waals surface area contributed by atoms with Crippen LogP contribution in [0, 0.1) is 3.57 Å². The normalized spacial score (nSPS) is 11.9. The van der Waals surface area contributed by atoms with Crippen LogP contribution in [0.1, 0.15) is 24.8 Å². The number of para-hydroxylation sites is 1. The lowest BCUT2D eigenvalue weighted by Gasteiger charge is -2.12. The molecule has 98 valence electrons. The fourth-order valence-electron chi connectivity index (χ4n) is 1.94. The van der Waals surface area contributed by atoms with Crippen molar-refractivity contribution < 1.29 is 4.79 Å². The average molecular weight is 365 g/mol. The number of amides is 1. The summed E-state index contributed by atoms with van der Waals surface area (Å²) in [5.74, 6) is 0.281. The molecule has 0 fully saturated rings. The van der Waals surface area contributed by atoms with E-state index in [1.807, 2.05) is 42.5 Å². The molecule has 1 atom stereocenters. The van der Waals surface area contributed by atoms with Crippen LogP contribution in [0.15, 0.2) is 54.6 Å². The number of rotatable bonds is 4. The highest BCUT2D eigenvalue weighted by atomic mass is 127. The minimum atomic E-state index is 0.0560. The monoisotopic (exact) mass is 365 g/mol. The van der Waals surface area contributed by atoms with Gasteiger partial charge >= 0.3 is 0 Å². The van der Waals surface area contributed by atoms with Gasteiger partial charge in [-0.2, -0.15) is 0 Å². The van der Waals surface area contributed by atoms with Gasteiger partial charge < -0.3 is 5.32 Å². The molecule has 0 aliphatic carbocycles. The molecule has 2 aromatic rings. The predicted octanol–water partition coefficient (Wildman–Crippen LogP) is 4.42. The van der Waals surface area contributed by atoms with E-state index in [-0.39, 0.29) is 11.8 Å². The Morgan fingerprint density at radius 2 is 1.74 bits per heavy atom. The molecule has 0 heterocycles. The first kappa shape index (κ1) is 14.1. The van der Waals surface area contributed by atoms with Crippen LogP contribution in [0.25, 0.3) is 0 Å². The molecule has 2 aromatic carbocycles. The van der Waals surface area contributed by atoms with Gasteiger partial charge in [0.2, 0.25) is 5.91 Å². The van der Waals surface area contributed by atoms with Crippen LogP contribution < -0.4 is 5.32 Å². The molecule has 1 N–H and O–H groups in total. The number of nitrogens with one attached hydrogen (secondary N) is 1. The van der Waals surface area contributed by atoms with Gasteiger partial charge in [0, 0.05) is 9.99 Å². The van der Waals surface area contributed by atoms with Gasteiger partial charge in [0.15, 0.2) is 0 Å². The van der Waals surface area contributed by atoms with Gasteiger partial charge in [-0.05, 0) is 46.2 Å². The SMILES string of the molecule is C[C@H](CC(=O)Nc1ccccc1I)c1ccccc1. The van der Waals surface area contributed by atoms with Gasteiger partial charge in [0.1, 0.15) is 0 Å². The second kappa shape index (κ2) is 6.70. The van der Waals surface area contributed by atoms with Crippen LogP contribution in [0.3, 0.4) is 0 Å². The molecule has 0 spiro atoms. The van der Waals surface area contributed by atoms with Gasteiger partial charge in [-0.3, -0.25) is 4.79 Å². The first-order chi connectivity index (χ1) is 9.16. The predicted molar refractivity (Wildman–Crippen MR) is 87.3 cm³/mol. The van der Waals surface area contributed by atoms with Crippen LogP contribution in [0.2, 0.25) is 0 Å². The maximum Gasteiger partial charge on any atom is 0.225 e. The first-order valence-corrected chi connectivity index (χ1v) is 7.34. The molecule has 0 bridgehead atoms. The van der Waals surface area contributed by atoms with Crippen molar-refractivity contribution in [2.45, 2.75) is 19.3 Å². The molecule has 0 radical (unpaired) electrons. The smallest absolute Gasteiger partial charge is 0.225 e. The van der Waals surface area contributed by atoms with Crippen molar-refractivity contribution in [3.8, 4) is 0 Å². The van der Waals surface area contributed by atoms with Gasteiger partial charge in [-0.25, -0.2) is 0 Å². The lowest BCUT2D eigenvalue weighted by atomic mass is 9.97. The van der Waals surface area contributed by atoms with E-state index < -0.39 is 0 Å². The third kappa shape index (κ3) is 4.06. The summed E-state index contributed by atoms with van der Waals surface area (Å²) in [5, 5.41) is 2.96. The first-order valence-electron chi connectivity index (χ1n) is 6.26. The molecular formula is C16H16INO. The highest BCUT2D eigenvalue weighted by Gasteiger charge is 2.11. The number of hydrogen-bond acceptors (Lipinski definition) is 1. The van der Waals surface area contributed by atoms with Crippen molar-refractivity contribution in [2.24, 2.45) is 0 Å². The van der Waals surface area contributed by atoms with Crippen LogP contribution in [0.5, 0.6) is 0 Å². The van der Waals surface area contributed by atoms with Crippen LogP contribution in [0.4, 0.5) is 5.69 Å². The third-order valence-electron chi connectivity index (χ3n) is 3.01. The molecule has 0 aliphatic heterocycles. The van der Waals surface area contributed by atoms with E-state index in [4.69, 9.17) is 0 Å². The molecule has 2 rings (SSSR count). The second-order valence-corrected chi connectivity index (χ2v) is 5.71. The van der Waals surface area contributed by atoms with E-state index in [2.05, 4.69) is 47.0 Å². The second-order valence-electron chi connectivity index (χ2n) is 4.54. The van der Waals surface area contributed by atoms with Crippen LogP contribution in [-0.2, 0) is 4.79 Å². The standard InChI is InChI=1S/C16H16INO/c1-12(13-7-3-2-4-8-13)11-16(19)18-15-10-6-5-9-14(15)17/h2-10,12H,11H2,1H3,(H,18,19)/t12-/m1/s1. The van der Waals surface area contributed by atoms with E-state index in [1.165, 1.54) is 5.56 Å². The maximum atomic E-state index is 12.0. The van der Waals surface area contributed by atoms with Crippen molar-refractivity contribution in [2.75, 3.05) is 5.32 Å². The topological polar surface area (TPSA) is 29.1 Å². The number of carbonyl (C=O) groups excluding carboxylic acids is 1. The number of hydrogen-bond donors (Lipinski definition) is 1. The Balaban J connectivity index is 1.97. The van der Waals surface area contributed by atoms with Crippen molar-refractivity contribution in [1.29, 1.82) is 0 Å². The van der Waals surface area contributed by atoms with E-state index >= 15 is 0 Å². The highest BCUT2D eigenvalue weighted by molar-refractivity contribution is 14.1. The number of anilines is 1. The number of benzene rings is 2. The summed E-state index contributed by atoms with van der Waals surface area (Å²) in [5.41, 5.74) is 2.08. The molecule has 0 aliphatic rings. The number of halogens is 1. The molecule has 3 heteroatoms. The van der Waals surface area contributed by atoms with Gasteiger partial charge in [-0.1, -0.05) is 49.4 Å². The van der Waals surface area contributed by atoms with Crippen LogP contribution in [-0.4, -0.2) is 5.91 Å². The summed E-state index contributed by atoms with van der Waals surface area (Å²) in [6.45, 7) is 2.07. The highest BCUT2D eigenvalue weighted by Crippen LogP contribution is 2.21. The van der Waals surface area contributed by atoms with Crippen molar-refractivity contribution in [1.82, 2.24) is 0 Å². The number of carbonyl (C=O) groups is 1. The minimum absolute atomic E-state index is 0.0560. The molecular weight excluding hydrogens is 349 g/mol. The average Bonchev–Trinajstić information content (AvgIpc) is 2.42. The Labute approximate surface area is 127 Å². The zero-order chi connectivity index (χ0) is 13.7. The minimum Gasteiger partial charge on any atom is -0.325 e. The zero-order valence-corrected chi connectivity index (χ0v) is 12.9. The molecule has 0 aromatic heterocycles. The Morgan fingerprint density at radius 3 is 2.42 bits per heavy atom. The fraction of sp³-hybridized carbons (Fsp3) is 0.188. The van der Waals surface area contributed by atoms with Crippen molar-refractivity contribution >= 4 is 34.2 Å². The Bertz CT molecular complexity index is 554. The van der Waals surface area contributed by atoms with Crippen molar-refractivity contribution in [3.63, 3.8) is 0 Å². The molecule has 0 unspecified atom stereocenters. The summed E-state index contributed by atoms with van der Waals surface area (Å²) in [4.78, 5) is 12.0. The van der Waals surface area contributed by atoms with E-state index in [9.17, 15) is 4.79 Å². The van der Waals surface area contributed by atoms with Gasteiger partial charge in [0.05, 0.1) is 5.69 Å². The Hall–Kier alpha value is -1.36. The Kier molecular flexibility index (Phi) is 4.96. The summed E-state index contributed by atoms with van der Waals surface area (Å²) in [7, 11) is 0. The summed E-state index contributed by atoms with van der Waals surface area (Å²) in [6, 6.07) is 17.9. The third-order valence-corrected chi connectivity index (χ3v) is 3.95. The summed E-state index contributed by atoms with van der Waals surface area (Å²) >= 11 is 2.22. The quantitative estimate of drug-likeness (QED) is 0.799. The molecule has 2 nitrogen and oxygen atoms in total. The summed E-state index contributed by atoms with van der Waals surface area (Å²) < 4.78 is 1.06. The van der Waals surface area contributed by atoms with Crippen molar-refractivity contribution in [3.05, 3.63) is 63.7 Å². The lowest BCUT2D eigenvalue weighted by Crippen LogP contribution is -2.15. The molecule has 19 heavy (non-hydrogen) atoms. The van der Waals surface area contributed by atoms with Gasteiger partial charge in [0.25, 0.3) is 0 Å². The maximum absolute atomic E-state index is 12.0. The van der Waals surface area contributed by atoms with Gasteiger partial charge in [-0.15, -0.1) is 0 Å².